The summed E-state index contributed by atoms with van der Waals surface area (Å²) in [4.78, 5) is 46.4. The molecule has 14 nitrogen and oxygen atoms in total. The van der Waals surface area contributed by atoms with Crippen LogP contribution < -0.4 is 4.90 Å². The fraction of sp³-hybridized carbons (Fsp3) is 0.176. The van der Waals surface area contributed by atoms with Gasteiger partial charge in [0, 0.05) is 215 Å². The van der Waals surface area contributed by atoms with Crippen LogP contribution in [0.3, 0.4) is 0 Å². The van der Waals surface area contributed by atoms with E-state index in [9.17, 15) is 49.8 Å². The van der Waals surface area contributed by atoms with E-state index in [0.29, 0.717) is 28.2 Å². The fourth-order valence-corrected chi connectivity index (χ4v) is 7.70. The maximum absolute atomic E-state index is 13.4. The van der Waals surface area contributed by atoms with Gasteiger partial charge in [-0.25, -0.2) is 32.0 Å². The van der Waals surface area contributed by atoms with Crippen LogP contribution in [0, 0.1) is 89.7 Å². The average Bonchev–Trinajstić information content (AvgIpc) is 1.79. The number of aliphatic hydroxyl groups is 2. The first-order chi connectivity index (χ1) is 45.5. The van der Waals surface area contributed by atoms with Gasteiger partial charge in [0.15, 0.2) is 11.6 Å². The average molecular weight is 2280 g/mol. The summed E-state index contributed by atoms with van der Waals surface area (Å²) in [6.07, 6.45) is 12.3. The minimum Gasteiger partial charge on any atom is -0.512 e. The predicted octanol–water partition coefficient (Wildman–Crippen LogP) is 16.8. The smallest absolute Gasteiger partial charge is 0.354 e. The summed E-state index contributed by atoms with van der Waals surface area (Å²) in [7, 11) is 3.73. The molecule has 0 fully saturated rings. The number of aromatic carboxylic acids is 1. The molecule has 543 valence electrons. The second-order valence-electron chi connectivity index (χ2n) is 22.6. The number of hydrogen-bond acceptors (Lipinski definition) is 12. The molecule has 0 saturated heterocycles. The third-order valence-corrected chi connectivity index (χ3v) is 12.9. The first-order valence-corrected chi connectivity index (χ1v) is 29.1. The number of benzene rings is 4. The second-order valence-corrected chi connectivity index (χ2v) is 22.6. The van der Waals surface area contributed by atoms with Crippen LogP contribution in [0.5, 0.6) is 0 Å². The summed E-state index contributed by atoms with van der Waals surface area (Å²) < 4.78 is 105. The van der Waals surface area contributed by atoms with Crippen LogP contribution in [-0.4, -0.2) is 80.9 Å². The molecular formula is C74H68F8Ir5N9O5-3. The third-order valence-electron chi connectivity index (χ3n) is 12.9. The number of carboxylic acids is 1. The molecule has 11 aromatic rings. The van der Waals surface area contributed by atoms with Gasteiger partial charge in [-0.05, 0) is 102 Å². The molecule has 3 N–H and O–H groups in total. The predicted molar refractivity (Wildman–Crippen MR) is 352 cm³/mol. The molecule has 101 heavy (non-hydrogen) atoms. The Balaban J connectivity index is 0.00000115. The zero-order chi connectivity index (χ0) is 70.7. The van der Waals surface area contributed by atoms with E-state index in [-0.39, 0.29) is 152 Å². The molecule has 5 radical (unpaired) electrons. The number of aromatic nitrogens is 8. The van der Waals surface area contributed by atoms with Crippen molar-refractivity contribution < 1.29 is 161 Å². The van der Waals surface area contributed by atoms with E-state index in [0.717, 1.165) is 47.8 Å². The first-order valence-electron chi connectivity index (χ1n) is 29.1. The molecule has 0 amide bonds. The van der Waals surface area contributed by atoms with Crippen molar-refractivity contribution in [1.82, 2.24) is 39.7 Å². The summed E-state index contributed by atoms with van der Waals surface area (Å²) in [5, 5.41) is 30.7. The number of carbonyl (C=O) groups is 2. The quantitative estimate of drug-likeness (QED) is 0.0407. The maximum Gasteiger partial charge on any atom is 0.354 e. The number of carboxylic acid groups (broad SMARTS) is 1. The molecule has 7 aromatic heterocycles. The van der Waals surface area contributed by atoms with Crippen LogP contribution in [0.4, 0.5) is 40.8 Å². The number of allylic oxidation sites excluding steroid dienone is 2. The van der Waals surface area contributed by atoms with Crippen molar-refractivity contribution in [3.63, 3.8) is 0 Å². The van der Waals surface area contributed by atoms with Gasteiger partial charge in [0.2, 0.25) is 0 Å². The SMILES string of the molecule is CC(C)(C)C(=O)C=C(O)C(C)(C)C.CN(C)c1ccnc(-c2[c-]cc(F)nc2F)c1.Cc1cc(F)cc(F)c1-n1cccn1.Cc1ccccc1-c1ccccn1.Fc1c[c-]c(-c2ccccn2)c(F)c1.O=C(O)c1ccccn1.OCc1ccnc(-c2[c-]cc(F)cc2F)c1.[Ir].[Ir].[Ir].[Ir].[Ir]. The number of rotatable bonds is 9. The second kappa shape index (κ2) is 45.9. The largest absolute Gasteiger partial charge is 0.512 e. The van der Waals surface area contributed by atoms with Crippen LogP contribution >= 0.6 is 0 Å². The molecule has 0 aliphatic heterocycles. The molecule has 0 bridgehead atoms. The molecule has 0 spiro atoms. The number of nitrogens with zero attached hydrogens (tertiary/aromatic N) is 9. The molecule has 27 heteroatoms. The Hall–Kier alpha value is -7.88. The molecular weight excluding hydrogens is 2210 g/mol. The van der Waals surface area contributed by atoms with Crippen molar-refractivity contribution in [3.05, 3.63) is 294 Å². The molecule has 0 atom stereocenters. The van der Waals surface area contributed by atoms with Crippen LogP contribution in [-0.2, 0) is 112 Å². The summed E-state index contributed by atoms with van der Waals surface area (Å²) in [5.41, 5.74) is 6.62. The van der Waals surface area contributed by atoms with Gasteiger partial charge in [-0.3, -0.25) is 32.3 Å². The summed E-state index contributed by atoms with van der Waals surface area (Å²) >= 11 is 0. The topological polar surface area (TPSA) is 193 Å². The van der Waals surface area contributed by atoms with Gasteiger partial charge in [0.1, 0.15) is 34.9 Å². The number of pyridine rings is 6. The Morgan fingerprint density at radius 2 is 1.02 bits per heavy atom. The zero-order valence-electron chi connectivity index (χ0n) is 55.6. The van der Waals surface area contributed by atoms with E-state index >= 15 is 0 Å². The first kappa shape index (κ1) is 93.1. The Morgan fingerprint density at radius 1 is 0.515 bits per heavy atom. The Labute approximate surface area is 649 Å². The normalized spacial score (nSPS) is 10.2. The standard InChI is InChI=1S/C12H10F2N3.C12H8F2NO.C12H11N.C11H6F2N.C11H20O2.C10H8F2N2.C6H5NO2.5Ir/c1-17(2)8-5-6-15-10(7-8)9-3-4-11(13)16-12(9)14;13-9-1-2-10(11(14)6-9)12-5-8(7-16)3-4-15-12;1-10-6-2-3-7-11(10)12-8-4-5-9-13-12;12-8-4-5-9(10(13)7-8)11-3-1-2-6-14-11;1-10(2,3)8(12)7-9(13)11(4,5)6;1-7-5-8(11)6-9(12)10(7)14-4-2-3-13-14;8-6(9)5-3-1-2-4-7-5;;;;;/h4-7H,1-2H3;1,3-6,16H,7H2;2-9H,1H3;1-4,6-7H;7,12H,1-6H3;2-6H,1H3;1-4H,(H,8,9);;;;;/q2*-1;;-1;;;;;;;;. The summed E-state index contributed by atoms with van der Waals surface area (Å²) in [6, 6.07) is 46.8. The summed E-state index contributed by atoms with van der Waals surface area (Å²) in [5.74, 6) is -6.55. The molecule has 0 unspecified atom stereocenters. The van der Waals surface area contributed by atoms with Crippen molar-refractivity contribution in [3.8, 4) is 50.7 Å². The third kappa shape index (κ3) is 31.1. The Kier molecular flexibility index (Phi) is 42.3. The minimum absolute atomic E-state index is 0. The van der Waals surface area contributed by atoms with E-state index in [2.05, 4.69) is 72.3 Å². The number of carbonyl (C=O) groups excluding carboxylic acids is 1. The van der Waals surface area contributed by atoms with E-state index in [1.54, 1.807) is 86.3 Å². The monoisotopic (exact) mass is 2280 g/mol. The number of aliphatic hydroxyl groups excluding tert-OH is 2. The van der Waals surface area contributed by atoms with Gasteiger partial charge in [-0.15, -0.1) is 30.3 Å². The molecule has 7 heterocycles. The molecule has 0 aliphatic carbocycles. The molecule has 0 aliphatic rings. The maximum atomic E-state index is 13.4. The molecule has 11 rings (SSSR count). The van der Waals surface area contributed by atoms with Gasteiger partial charge in [0.05, 0.1) is 12.3 Å². The van der Waals surface area contributed by atoms with Crippen molar-refractivity contribution in [2.45, 2.75) is 62.0 Å². The fourth-order valence-electron chi connectivity index (χ4n) is 7.70. The number of aryl methyl sites for hydroxylation is 2. The number of hydrogen-bond donors (Lipinski definition) is 3. The van der Waals surface area contributed by atoms with E-state index in [4.69, 9.17) is 10.2 Å². The Bertz CT molecular complexity index is 4310. The van der Waals surface area contributed by atoms with Crippen molar-refractivity contribution in [1.29, 1.82) is 0 Å². The van der Waals surface area contributed by atoms with E-state index in [1.165, 1.54) is 52.5 Å². The zero-order valence-corrected chi connectivity index (χ0v) is 67.6. The van der Waals surface area contributed by atoms with Crippen LogP contribution in [0.2, 0.25) is 0 Å². The van der Waals surface area contributed by atoms with Gasteiger partial charge < -0.3 is 35.2 Å². The van der Waals surface area contributed by atoms with Crippen molar-refractivity contribution in [2.24, 2.45) is 10.8 Å². The number of anilines is 1. The number of ketones is 1. The van der Waals surface area contributed by atoms with Gasteiger partial charge in [0.25, 0.3) is 0 Å². The van der Waals surface area contributed by atoms with E-state index < -0.39 is 58.2 Å². The number of halogens is 8. The van der Waals surface area contributed by atoms with Gasteiger partial charge >= 0.3 is 5.97 Å². The minimum atomic E-state index is -0.990. The van der Waals surface area contributed by atoms with Crippen LogP contribution in [0.15, 0.2) is 207 Å². The van der Waals surface area contributed by atoms with Gasteiger partial charge in [-0.1, -0.05) is 137 Å². The van der Waals surface area contributed by atoms with Crippen molar-refractivity contribution >= 4 is 17.4 Å². The van der Waals surface area contributed by atoms with Gasteiger partial charge in [-0.2, -0.15) is 5.10 Å². The van der Waals surface area contributed by atoms with E-state index in [1.807, 2.05) is 97.1 Å². The molecule has 0 saturated carbocycles. The molecule has 4 aromatic carbocycles. The van der Waals surface area contributed by atoms with Crippen molar-refractivity contribution in [2.75, 3.05) is 19.0 Å². The van der Waals surface area contributed by atoms with Crippen LogP contribution in [0.25, 0.3) is 50.7 Å². The summed E-state index contributed by atoms with van der Waals surface area (Å²) in [6.45, 7) is 14.7. The Morgan fingerprint density at radius 3 is 1.48 bits per heavy atom. The van der Waals surface area contributed by atoms with Crippen LogP contribution in [0.1, 0.15) is 68.7 Å².